The van der Waals surface area contributed by atoms with Crippen LogP contribution < -0.4 is 4.90 Å². The summed E-state index contributed by atoms with van der Waals surface area (Å²) in [5.74, 6) is 0. The lowest BCUT2D eigenvalue weighted by atomic mass is 10.1. The van der Waals surface area contributed by atoms with Crippen molar-refractivity contribution in [2.24, 2.45) is 0 Å². The molecule has 0 saturated carbocycles. The fourth-order valence-electron chi connectivity index (χ4n) is 2.04. The van der Waals surface area contributed by atoms with Gasteiger partial charge in [0.1, 0.15) is 0 Å². The van der Waals surface area contributed by atoms with Crippen molar-refractivity contribution in [3.63, 3.8) is 0 Å². The highest BCUT2D eigenvalue weighted by Crippen LogP contribution is 2.19. The van der Waals surface area contributed by atoms with Crippen LogP contribution in [0.25, 0.3) is 0 Å². The Morgan fingerprint density at radius 1 is 1.06 bits per heavy atom. The average Bonchev–Trinajstić information content (AvgIpc) is 2.40. The van der Waals surface area contributed by atoms with E-state index in [1.165, 1.54) is 16.8 Å². The van der Waals surface area contributed by atoms with E-state index < -0.39 is 0 Å². The smallest absolute Gasteiger partial charge is 0.0991 e. The summed E-state index contributed by atoms with van der Waals surface area (Å²) in [4.78, 5) is 2.22. The van der Waals surface area contributed by atoms with Gasteiger partial charge in [-0.05, 0) is 36.2 Å². The molecule has 0 saturated heterocycles. The monoisotopic (exact) mass is 236 g/mol. The summed E-state index contributed by atoms with van der Waals surface area (Å²) in [6.45, 7) is 2.96. The molecule has 0 aliphatic carbocycles. The Morgan fingerprint density at radius 2 is 1.72 bits per heavy atom. The Morgan fingerprint density at radius 3 is 2.33 bits per heavy atom. The average molecular weight is 236 g/mol. The Kier molecular flexibility index (Phi) is 3.64. The molecule has 0 spiro atoms. The van der Waals surface area contributed by atoms with Gasteiger partial charge in [0.25, 0.3) is 0 Å². The van der Waals surface area contributed by atoms with E-state index >= 15 is 0 Å². The molecular weight excluding hydrogens is 220 g/mol. The summed E-state index contributed by atoms with van der Waals surface area (Å²) in [7, 11) is 2.08. The van der Waals surface area contributed by atoms with Gasteiger partial charge in [-0.15, -0.1) is 0 Å². The molecule has 0 radical (unpaired) electrons. The van der Waals surface area contributed by atoms with E-state index in [0.29, 0.717) is 5.56 Å². The lowest BCUT2D eigenvalue weighted by Gasteiger charge is -2.21. The van der Waals surface area contributed by atoms with E-state index in [1.54, 1.807) is 0 Å². The Hall–Kier alpha value is -2.27. The van der Waals surface area contributed by atoms with Gasteiger partial charge in [0, 0.05) is 19.3 Å². The molecule has 0 heterocycles. The van der Waals surface area contributed by atoms with E-state index in [1.807, 2.05) is 30.3 Å². The van der Waals surface area contributed by atoms with Gasteiger partial charge in [0.15, 0.2) is 0 Å². The molecular formula is C16H16N2. The second-order valence-electron chi connectivity index (χ2n) is 4.45. The van der Waals surface area contributed by atoms with Gasteiger partial charge in [-0.2, -0.15) is 5.26 Å². The van der Waals surface area contributed by atoms with Crippen LogP contribution >= 0.6 is 0 Å². The number of aryl methyl sites for hydroxylation is 1. The van der Waals surface area contributed by atoms with Crippen molar-refractivity contribution < 1.29 is 0 Å². The number of anilines is 1. The van der Waals surface area contributed by atoms with Gasteiger partial charge in [0.05, 0.1) is 11.6 Å². The minimum absolute atomic E-state index is 0.706. The number of hydrogen-bond donors (Lipinski definition) is 0. The third-order valence-corrected chi connectivity index (χ3v) is 3.03. The highest BCUT2D eigenvalue weighted by molar-refractivity contribution is 5.52. The zero-order valence-electron chi connectivity index (χ0n) is 10.7. The normalized spacial score (nSPS) is 9.83. The van der Waals surface area contributed by atoms with Crippen LogP contribution in [-0.4, -0.2) is 7.05 Å². The van der Waals surface area contributed by atoms with Crippen LogP contribution in [0.3, 0.4) is 0 Å². The molecule has 0 amide bonds. The maximum atomic E-state index is 8.76. The Labute approximate surface area is 108 Å². The molecule has 0 N–H and O–H groups in total. The van der Waals surface area contributed by atoms with Crippen LogP contribution in [0.4, 0.5) is 5.69 Å². The van der Waals surface area contributed by atoms with E-state index in [9.17, 15) is 0 Å². The third-order valence-electron chi connectivity index (χ3n) is 3.03. The second kappa shape index (κ2) is 5.37. The highest BCUT2D eigenvalue weighted by Gasteiger charge is 2.04. The van der Waals surface area contributed by atoms with Crippen molar-refractivity contribution in [2.75, 3.05) is 11.9 Å². The maximum Gasteiger partial charge on any atom is 0.0991 e. The van der Waals surface area contributed by atoms with Crippen LogP contribution in [0, 0.1) is 18.3 Å². The molecule has 2 heteroatoms. The van der Waals surface area contributed by atoms with E-state index in [0.717, 1.165) is 6.54 Å². The molecule has 0 aromatic heterocycles. The van der Waals surface area contributed by atoms with Crippen molar-refractivity contribution in [3.05, 3.63) is 65.2 Å². The molecule has 0 unspecified atom stereocenters. The van der Waals surface area contributed by atoms with Crippen LogP contribution in [-0.2, 0) is 6.54 Å². The predicted molar refractivity (Wildman–Crippen MR) is 74.4 cm³/mol. The van der Waals surface area contributed by atoms with Gasteiger partial charge in [0.2, 0.25) is 0 Å². The van der Waals surface area contributed by atoms with Gasteiger partial charge < -0.3 is 4.90 Å². The summed E-state index contributed by atoms with van der Waals surface area (Å²) in [5.41, 5.74) is 4.42. The van der Waals surface area contributed by atoms with Crippen molar-refractivity contribution in [3.8, 4) is 6.07 Å². The first-order chi connectivity index (χ1) is 8.70. The first-order valence-corrected chi connectivity index (χ1v) is 5.96. The lowest BCUT2D eigenvalue weighted by Crippen LogP contribution is -2.17. The standard InChI is InChI=1S/C16H16N2/c1-13-5-3-4-6-16(13)18(2)12-15-9-7-14(11-17)8-10-15/h3-10H,12H2,1-2H3. The second-order valence-corrected chi connectivity index (χ2v) is 4.45. The Balaban J connectivity index is 2.14. The van der Waals surface area contributed by atoms with E-state index in [-0.39, 0.29) is 0 Å². The number of rotatable bonds is 3. The molecule has 0 aliphatic heterocycles. The molecule has 2 nitrogen and oxygen atoms in total. The molecule has 0 bridgehead atoms. The molecule has 2 aromatic rings. The number of para-hydroxylation sites is 1. The summed E-state index contributed by atoms with van der Waals surface area (Å²) in [5, 5.41) is 8.76. The van der Waals surface area contributed by atoms with Gasteiger partial charge >= 0.3 is 0 Å². The minimum atomic E-state index is 0.706. The van der Waals surface area contributed by atoms with Crippen LogP contribution in [0.15, 0.2) is 48.5 Å². The molecule has 2 rings (SSSR count). The third kappa shape index (κ3) is 2.70. The van der Waals surface area contributed by atoms with Gasteiger partial charge in [-0.3, -0.25) is 0 Å². The predicted octanol–water partition coefficient (Wildman–Crippen LogP) is 3.50. The molecule has 0 aliphatic rings. The number of nitriles is 1. The summed E-state index contributed by atoms with van der Waals surface area (Å²) in [6.07, 6.45) is 0. The largest absolute Gasteiger partial charge is 0.370 e. The van der Waals surface area contributed by atoms with Crippen molar-refractivity contribution in [2.45, 2.75) is 13.5 Å². The lowest BCUT2D eigenvalue weighted by molar-refractivity contribution is 0.917. The SMILES string of the molecule is Cc1ccccc1N(C)Cc1ccc(C#N)cc1. The van der Waals surface area contributed by atoms with Crippen LogP contribution in [0.2, 0.25) is 0 Å². The number of benzene rings is 2. The van der Waals surface area contributed by atoms with E-state index in [4.69, 9.17) is 5.26 Å². The first-order valence-electron chi connectivity index (χ1n) is 5.96. The summed E-state index contributed by atoms with van der Waals surface area (Å²) >= 11 is 0. The zero-order chi connectivity index (χ0) is 13.0. The fourth-order valence-corrected chi connectivity index (χ4v) is 2.04. The molecule has 0 atom stereocenters. The summed E-state index contributed by atoms with van der Waals surface area (Å²) in [6, 6.07) is 18.2. The summed E-state index contributed by atoms with van der Waals surface area (Å²) < 4.78 is 0. The topological polar surface area (TPSA) is 27.0 Å². The number of nitrogens with zero attached hydrogens (tertiary/aromatic N) is 2. The molecule has 90 valence electrons. The molecule has 18 heavy (non-hydrogen) atoms. The fraction of sp³-hybridized carbons (Fsp3) is 0.188. The molecule has 0 fully saturated rings. The van der Waals surface area contributed by atoms with Crippen LogP contribution in [0.1, 0.15) is 16.7 Å². The van der Waals surface area contributed by atoms with Gasteiger partial charge in [-0.25, -0.2) is 0 Å². The Bertz CT molecular complexity index is 564. The van der Waals surface area contributed by atoms with Crippen molar-refractivity contribution >= 4 is 5.69 Å². The molecule has 2 aromatic carbocycles. The first kappa shape index (κ1) is 12.2. The zero-order valence-corrected chi connectivity index (χ0v) is 10.7. The van der Waals surface area contributed by atoms with Gasteiger partial charge in [-0.1, -0.05) is 30.3 Å². The van der Waals surface area contributed by atoms with Crippen molar-refractivity contribution in [1.29, 1.82) is 5.26 Å². The van der Waals surface area contributed by atoms with Crippen LogP contribution in [0.5, 0.6) is 0 Å². The highest BCUT2D eigenvalue weighted by atomic mass is 15.1. The maximum absolute atomic E-state index is 8.76. The van der Waals surface area contributed by atoms with Crippen molar-refractivity contribution in [1.82, 2.24) is 0 Å². The van der Waals surface area contributed by atoms with E-state index in [2.05, 4.69) is 43.1 Å². The minimum Gasteiger partial charge on any atom is -0.370 e. The number of hydrogen-bond acceptors (Lipinski definition) is 2. The quantitative estimate of drug-likeness (QED) is 0.815.